The molecule has 0 saturated heterocycles. The number of hydrogen-bond donors (Lipinski definition) is 1. The number of nitrogens with one attached hydrogen (secondary N) is 1. The summed E-state index contributed by atoms with van der Waals surface area (Å²) in [5.74, 6) is 0.232. The smallest absolute Gasteiger partial charge is 0.277 e. The zero-order valence-corrected chi connectivity index (χ0v) is 19.0. The summed E-state index contributed by atoms with van der Waals surface area (Å²) in [5.41, 5.74) is 0.720. The lowest BCUT2D eigenvalue weighted by atomic mass is 9.93. The number of fused-ring (bicyclic) bond motifs is 1. The maximum atomic E-state index is 13.8. The van der Waals surface area contributed by atoms with E-state index in [2.05, 4.69) is 5.32 Å². The topological polar surface area (TPSA) is 76.5 Å². The number of thiophene rings is 1. The van der Waals surface area contributed by atoms with Crippen molar-refractivity contribution in [1.29, 1.82) is 0 Å². The van der Waals surface area contributed by atoms with Crippen LogP contribution in [-0.2, 0) is 11.3 Å². The Hall–Kier alpha value is -3.13. The fraction of sp³-hybridized carbons (Fsp3) is 0.375. The van der Waals surface area contributed by atoms with Gasteiger partial charge in [0, 0.05) is 17.8 Å². The van der Waals surface area contributed by atoms with Crippen LogP contribution in [0.1, 0.15) is 43.1 Å². The summed E-state index contributed by atoms with van der Waals surface area (Å²) >= 11 is 1.57. The van der Waals surface area contributed by atoms with Gasteiger partial charge in [-0.2, -0.15) is 5.10 Å². The van der Waals surface area contributed by atoms with Crippen molar-refractivity contribution in [2.24, 2.45) is 0 Å². The van der Waals surface area contributed by atoms with Crippen LogP contribution in [0.2, 0.25) is 0 Å². The molecule has 1 atom stereocenters. The molecule has 166 valence electrons. The molecule has 8 heteroatoms. The molecule has 2 aromatic heterocycles. The third kappa shape index (κ3) is 3.48. The van der Waals surface area contributed by atoms with E-state index in [4.69, 9.17) is 9.84 Å². The minimum atomic E-state index is -1.13. The minimum absolute atomic E-state index is 0.153. The van der Waals surface area contributed by atoms with Crippen LogP contribution in [0.3, 0.4) is 0 Å². The Morgan fingerprint density at radius 1 is 1.22 bits per heavy atom. The summed E-state index contributed by atoms with van der Waals surface area (Å²) < 4.78 is 7.07. The number of nitrogens with zero attached hydrogens (tertiary/aromatic N) is 3. The van der Waals surface area contributed by atoms with E-state index >= 15 is 0 Å². The van der Waals surface area contributed by atoms with Crippen molar-refractivity contribution in [2.45, 2.75) is 50.7 Å². The number of rotatable bonds is 5. The van der Waals surface area contributed by atoms with Crippen LogP contribution >= 0.6 is 11.3 Å². The minimum Gasteiger partial charge on any atom is -0.497 e. The Labute approximate surface area is 191 Å². The van der Waals surface area contributed by atoms with Crippen molar-refractivity contribution in [3.8, 4) is 16.3 Å². The zero-order valence-electron chi connectivity index (χ0n) is 18.2. The third-order valence-electron chi connectivity index (χ3n) is 6.42. The van der Waals surface area contributed by atoms with E-state index in [9.17, 15) is 9.59 Å². The molecule has 0 radical (unpaired) electrons. The van der Waals surface area contributed by atoms with Crippen LogP contribution in [0, 0.1) is 0 Å². The van der Waals surface area contributed by atoms with Crippen molar-refractivity contribution in [3.05, 3.63) is 53.5 Å². The fourth-order valence-corrected chi connectivity index (χ4v) is 5.37. The van der Waals surface area contributed by atoms with Gasteiger partial charge >= 0.3 is 0 Å². The summed E-state index contributed by atoms with van der Waals surface area (Å²) in [5, 5.41) is 9.87. The molecule has 1 aromatic carbocycles. The Morgan fingerprint density at radius 2 is 2.03 bits per heavy atom. The molecular formula is C24H26N4O3S. The van der Waals surface area contributed by atoms with Gasteiger partial charge < -0.3 is 10.1 Å². The fourth-order valence-electron chi connectivity index (χ4n) is 4.69. The number of methoxy groups -OCH3 is 1. The van der Waals surface area contributed by atoms with E-state index in [1.807, 2.05) is 48.7 Å². The zero-order chi connectivity index (χ0) is 22.3. The highest BCUT2D eigenvalue weighted by molar-refractivity contribution is 7.13. The SMILES string of the molecule is COc1cccc(N2C(=O)c3cc(-c4cccs4)nn3C[C@]2(C)C(=O)NC2CCCC2)c1. The van der Waals surface area contributed by atoms with E-state index in [0.717, 1.165) is 36.3 Å². The lowest BCUT2D eigenvalue weighted by Gasteiger charge is -2.43. The first kappa shape index (κ1) is 20.8. The summed E-state index contributed by atoms with van der Waals surface area (Å²) in [6.07, 6.45) is 4.19. The highest BCUT2D eigenvalue weighted by atomic mass is 32.1. The van der Waals surface area contributed by atoms with Gasteiger partial charge in [0.2, 0.25) is 5.91 Å². The molecular weight excluding hydrogens is 424 g/mol. The average molecular weight is 451 g/mol. The largest absolute Gasteiger partial charge is 0.497 e. The number of carbonyl (C=O) groups excluding carboxylic acids is 2. The highest BCUT2D eigenvalue weighted by Gasteiger charge is 2.49. The summed E-state index contributed by atoms with van der Waals surface area (Å²) in [7, 11) is 1.59. The van der Waals surface area contributed by atoms with Crippen LogP contribution in [0.15, 0.2) is 47.8 Å². The highest BCUT2D eigenvalue weighted by Crippen LogP contribution is 2.36. The second kappa shape index (κ2) is 8.09. The van der Waals surface area contributed by atoms with Crippen molar-refractivity contribution in [2.75, 3.05) is 12.0 Å². The molecule has 3 aromatic rings. The molecule has 0 spiro atoms. The first-order chi connectivity index (χ1) is 15.5. The van der Waals surface area contributed by atoms with Crippen molar-refractivity contribution in [1.82, 2.24) is 15.1 Å². The predicted octanol–water partition coefficient (Wildman–Crippen LogP) is 4.10. The summed E-state index contributed by atoms with van der Waals surface area (Å²) in [6, 6.07) is 13.2. The maximum absolute atomic E-state index is 13.8. The van der Waals surface area contributed by atoms with Gasteiger partial charge in [0.25, 0.3) is 5.91 Å². The van der Waals surface area contributed by atoms with Gasteiger partial charge in [-0.15, -0.1) is 11.3 Å². The lowest BCUT2D eigenvalue weighted by Crippen LogP contribution is -2.65. The van der Waals surface area contributed by atoms with Crippen LogP contribution in [0.4, 0.5) is 5.69 Å². The van der Waals surface area contributed by atoms with Gasteiger partial charge in [-0.1, -0.05) is 25.0 Å². The van der Waals surface area contributed by atoms with Gasteiger partial charge in [-0.3, -0.25) is 19.2 Å². The number of anilines is 1. The first-order valence-electron chi connectivity index (χ1n) is 10.9. The third-order valence-corrected chi connectivity index (χ3v) is 7.31. The number of carbonyl (C=O) groups is 2. The van der Waals surface area contributed by atoms with E-state index < -0.39 is 5.54 Å². The van der Waals surface area contributed by atoms with Crippen LogP contribution in [0.5, 0.6) is 5.75 Å². The van der Waals surface area contributed by atoms with Crippen molar-refractivity contribution in [3.63, 3.8) is 0 Å². The number of aromatic nitrogens is 2. The normalized spacial score (nSPS) is 20.9. The van der Waals surface area contributed by atoms with E-state index in [1.54, 1.807) is 34.1 Å². The Balaban J connectivity index is 1.59. The monoisotopic (exact) mass is 450 g/mol. The van der Waals surface area contributed by atoms with Crippen molar-refractivity contribution >= 4 is 28.8 Å². The summed E-state index contributed by atoms with van der Waals surface area (Å²) in [4.78, 5) is 30.0. The molecule has 5 rings (SSSR count). The maximum Gasteiger partial charge on any atom is 0.277 e. The molecule has 3 heterocycles. The molecule has 0 unspecified atom stereocenters. The van der Waals surface area contributed by atoms with Crippen LogP contribution < -0.4 is 15.0 Å². The Bertz CT molecular complexity index is 1150. The Morgan fingerprint density at radius 3 is 2.75 bits per heavy atom. The molecule has 1 aliphatic carbocycles. The first-order valence-corrected chi connectivity index (χ1v) is 11.8. The molecule has 7 nitrogen and oxygen atoms in total. The molecule has 2 amide bonds. The molecule has 1 saturated carbocycles. The molecule has 1 aliphatic heterocycles. The van der Waals surface area contributed by atoms with Crippen LogP contribution in [-0.4, -0.2) is 40.3 Å². The van der Waals surface area contributed by atoms with Crippen molar-refractivity contribution < 1.29 is 14.3 Å². The van der Waals surface area contributed by atoms with Gasteiger partial charge in [0.05, 0.1) is 18.5 Å². The molecule has 2 aliphatic rings. The van der Waals surface area contributed by atoms with Gasteiger partial charge in [-0.25, -0.2) is 0 Å². The lowest BCUT2D eigenvalue weighted by molar-refractivity contribution is -0.127. The van der Waals surface area contributed by atoms with Gasteiger partial charge in [0.15, 0.2) is 0 Å². The van der Waals surface area contributed by atoms with E-state index in [-0.39, 0.29) is 24.4 Å². The molecule has 32 heavy (non-hydrogen) atoms. The summed E-state index contributed by atoms with van der Waals surface area (Å²) in [6.45, 7) is 2.10. The van der Waals surface area contributed by atoms with Gasteiger partial charge in [-0.05, 0) is 49.4 Å². The van der Waals surface area contributed by atoms with Gasteiger partial charge in [0.1, 0.15) is 22.7 Å². The molecule has 1 fully saturated rings. The average Bonchev–Trinajstić information content (AvgIpc) is 3.55. The van der Waals surface area contributed by atoms with E-state index in [0.29, 0.717) is 17.1 Å². The number of ether oxygens (including phenoxy) is 1. The quantitative estimate of drug-likeness (QED) is 0.635. The predicted molar refractivity (Wildman–Crippen MR) is 124 cm³/mol. The van der Waals surface area contributed by atoms with E-state index in [1.165, 1.54) is 0 Å². The number of amides is 2. The standard InChI is InChI=1S/C24H26N4O3S/c1-24(23(30)25-16-7-3-4-8-16)15-27-20(14-19(26-27)21-11-6-12-32-21)22(29)28(24)17-9-5-10-18(13-17)31-2/h5-6,9-14,16H,3-4,7-8,15H2,1-2H3,(H,25,30)/t24-/m1/s1. The number of benzene rings is 1. The van der Waals surface area contributed by atoms with Crippen LogP contribution in [0.25, 0.3) is 10.6 Å². The second-order valence-corrected chi connectivity index (χ2v) is 9.57. The molecule has 0 bridgehead atoms. The second-order valence-electron chi connectivity index (χ2n) is 8.62. The molecule has 1 N–H and O–H groups in total. The Kier molecular flexibility index (Phi) is 5.25. The number of hydrogen-bond acceptors (Lipinski definition) is 5.